The molecule has 0 saturated carbocycles. The molecule has 0 saturated heterocycles. The Labute approximate surface area is 68.6 Å². The minimum atomic E-state index is 0.501. The van der Waals surface area contributed by atoms with E-state index in [0.29, 0.717) is 5.15 Å². The highest BCUT2D eigenvalue weighted by atomic mass is 35.5. The van der Waals surface area contributed by atoms with E-state index in [4.69, 9.17) is 11.6 Å². The summed E-state index contributed by atoms with van der Waals surface area (Å²) in [5.74, 6) is 0. The summed E-state index contributed by atoms with van der Waals surface area (Å²) < 4.78 is 1.77. The third kappa shape index (κ3) is 0.973. The van der Waals surface area contributed by atoms with Gasteiger partial charge in [-0.3, -0.25) is 4.68 Å². The highest BCUT2D eigenvalue weighted by Gasteiger charge is 1.99. The number of pyridine rings is 1. The van der Waals surface area contributed by atoms with Crippen LogP contribution in [0.2, 0.25) is 5.15 Å². The average Bonchev–Trinajstić information content (AvgIpc) is 2.33. The van der Waals surface area contributed by atoms with Gasteiger partial charge in [0.1, 0.15) is 5.15 Å². The van der Waals surface area contributed by atoms with E-state index in [2.05, 4.69) is 10.1 Å². The molecule has 3 nitrogen and oxygen atoms in total. The van der Waals surface area contributed by atoms with Gasteiger partial charge < -0.3 is 0 Å². The second kappa shape index (κ2) is 2.20. The van der Waals surface area contributed by atoms with Crippen molar-refractivity contribution in [2.24, 2.45) is 7.05 Å². The Kier molecular flexibility index (Phi) is 1.32. The molecular formula is C7H6ClN3. The zero-order valence-electron chi connectivity index (χ0n) is 5.95. The number of aromatic nitrogens is 3. The van der Waals surface area contributed by atoms with Crippen LogP contribution in [0.3, 0.4) is 0 Å². The van der Waals surface area contributed by atoms with Crippen LogP contribution >= 0.6 is 11.6 Å². The number of aryl methyl sites for hydroxylation is 1. The second-order valence-electron chi connectivity index (χ2n) is 2.33. The molecule has 11 heavy (non-hydrogen) atoms. The SMILES string of the molecule is Cn1ncc2cnc(Cl)cc21. The van der Waals surface area contributed by atoms with Crippen LogP contribution in [0.1, 0.15) is 0 Å². The van der Waals surface area contributed by atoms with E-state index in [1.165, 1.54) is 0 Å². The summed E-state index contributed by atoms with van der Waals surface area (Å²) in [6.45, 7) is 0. The summed E-state index contributed by atoms with van der Waals surface area (Å²) >= 11 is 5.70. The van der Waals surface area contributed by atoms with Crippen LogP contribution in [0.5, 0.6) is 0 Å². The molecule has 2 rings (SSSR count). The lowest BCUT2D eigenvalue weighted by atomic mass is 10.3. The molecule has 0 aliphatic heterocycles. The van der Waals surface area contributed by atoms with Gasteiger partial charge in [-0.2, -0.15) is 5.10 Å². The second-order valence-corrected chi connectivity index (χ2v) is 2.72. The Bertz CT molecular complexity index is 393. The highest BCUT2D eigenvalue weighted by Crippen LogP contribution is 2.14. The Morgan fingerprint density at radius 3 is 3.09 bits per heavy atom. The Balaban J connectivity index is 2.87. The smallest absolute Gasteiger partial charge is 0.131 e. The molecule has 0 aromatic carbocycles. The molecule has 0 aliphatic carbocycles. The first-order valence-electron chi connectivity index (χ1n) is 3.20. The number of halogens is 1. The van der Waals surface area contributed by atoms with E-state index in [0.717, 1.165) is 10.9 Å². The van der Waals surface area contributed by atoms with Crippen LogP contribution in [0.15, 0.2) is 18.5 Å². The third-order valence-electron chi connectivity index (χ3n) is 1.60. The van der Waals surface area contributed by atoms with E-state index < -0.39 is 0 Å². The van der Waals surface area contributed by atoms with Gasteiger partial charge >= 0.3 is 0 Å². The van der Waals surface area contributed by atoms with Crippen LogP contribution in [-0.4, -0.2) is 14.8 Å². The molecule has 0 bridgehead atoms. The monoisotopic (exact) mass is 167 g/mol. The fourth-order valence-electron chi connectivity index (χ4n) is 1.02. The standard InChI is InChI=1S/C7H6ClN3/c1-11-6-2-7(8)9-3-5(6)4-10-11/h2-4H,1H3. The van der Waals surface area contributed by atoms with Crippen LogP contribution in [-0.2, 0) is 7.05 Å². The minimum Gasteiger partial charge on any atom is -0.268 e. The quantitative estimate of drug-likeness (QED) is 0.559. The predicted molar refractivity (Wildman–Crippen MR) is 43.5 cm³/mol. The number of fused-ring (bicyclic) bond motifs is 1. The molecular weight excluding hydrogens is 162 g/mol. The van der Waals surface area contributed by atoms with Crippen molar-refractivity contribution in [2.75, 3.05) is 0 Å². The first kappa shape index (κ1) is 6.61. The predicted octanol–water partition coefficient (Wildman–Crippen LogP) is 1.62. The summed E-state index contributed by atoms with van der Waals surface area (Å²) in [5.41, 5.74) is 1.00. The molecule has 2 heterocycles. The average molecular weight is 168 g/mol. The summed E-state index contributed by atoms with van der Waals surface area (Å²) in [4.78, 5) is 3.93. The van der Waals surface area contributed by atoms with Crippen molar-refractivity contribution in [2.45, 2.75) is 0 Å². The lowest BCUT2D eigenvalue weighted by Gasteiger charge is -1.92. The molecule has 2 aromatic rings. The van der Waals surface area contributed by atoms with Crippen molar-refractivity contribution in [3.05, 3.63) is 23.6 Å². The van der Waals surface area contributed by atoms with E-state index in [9.17, 15) is 0 Å². The minimum absolute atomic E-state index is 0.501. The summed E-state index contributed by atoms with van der Waals surface area (Å²) in [6.07, 6.45) is 3.48. The molecule has 0 aliphatic rings. The highest BCUT2D eigenvalue weighted by molar-refractivity contribution is 6.29. The van der Waals surface area contributed by atoms with E-state index in [1.54, 1.807) is 23.1 Å². The van der Waals surface area contributed by atoms with Crippen molar-refractivity contribution in [1.82, 2.24) is 14.8 Å². The topological polar surface area (TPSA) is 30.7 Å². The third-order valence-corrected chi connectivity index (χ3v) is 1.80. The number of hydrogen-bond acceptors (Lipinski definition) is 2. The normalized spacial score (nSPS) is 10.7. The van der Waals surface area contributed by atoms with Crippen molar-refractivity contribution in [3.63, 3.8) is 0 Å². The van der Waals surface area contributed by atoms with Crippen molar-refractivity contribution in [3.8, 4) is 0 Å². The van der Waals surface area contributed by atoms with Gasteiger partial charge in [0.2, 0.25) is 0 Å². The van der Waals surface area contributed by atoms with Gasteiger partial charge in [0.25, 0.3) is 0 Å². The molecule has 0 radical (unpaired) electrons. The summed E-state index contributed by atoms with van der Waals surface area (Å²) in [7, 11) is 1.87. The van der Waals surface area contributed by atoms with Gasteiger partial charge in [0.05, 0.1) is 11.7 Å². The van der Waals surface area contributed by atoms with E-state index in [1.807, 2.05) is 7.05 Å². The van der Waals surface area contributed by atoms with E-state index in [-0.39, 0.29) is 0 Å². The first-order valence-corrected chi connectivity index (χ1v) is 3.58. The fourth-order valence-corrected chi connectivity index (χ4v) is 1.17. The molecule has 0 unspecified atom stereocenters. The first-order chi connectivity index (χ1) is 5.27. The lowest BCUT2D eigenvalue weighted by molar-refractivity contribution is 0.797. The van der Waals surface area contributed by atoms with Crippen molar-refractivity contribution >= 4 is 22.5 Å². The van der Waals surface area contributed by atoms with Gasteiger partial charge in [0, 0.05) is 24.7 Å². The Morgan fingerprint density at radius 1 is 1.45 bits per heavy atom. The Hall–Kier alpha value is -1.09. The molecule has 4 heteroatoms. The molecule has 0 amide bonds. The zero-order chi connectivity index (χ0) is 7.84. The number of hydrogen-bond donors (Lipinski definition) is 0. The van der Waals surface area contributed by atoms with Gasteiger partial charge in [-0.25, -0.2) is 4.98 Å². The largest absolute Gasteiger partial charge is 0.268 e. The van der Waals surface area contributed by atoms with Gasteiger partial charge in [-0.05, 0) is 0 Å². The van der Waals surface area contributed by atoms with Crippen LogP contribution < -0.4 is 0 Å². The maximum absolute atomic E-state index is 5.70. The van der Waals surface area contributed by atoms with E-state index >= 15 is 0 Å². The number of nitrogens with zero attached hydrogens (tertiary/aromatic N) is 3. The Morgan fingerprint density at radius 2 is 2.27 bits per heavy atom. The molecule has 56 valence electrons. The molecule has 0 atom stereocenters. The van der Waals surface area contributed by atoms with Crippen molar-refractivity contribution in [1.29, 1.82) is 0 Å². The van der Waals surface area contributed by atoms with Gasteiger partial charge in [-0.1, -0.05) is 11.6 Å². The molecule has 0 fully saturated rings. The van der Waals surface area contributed by atoms with Gasteiger partial charge in [0.15, 0.2) is 0 Å². The fraction of sp³-hybridized carbons (Fsp3) is 0.143. The maximum Gasteiger partial charge on any atom is 0.131 e. The summed E-state index contributed by atoms with van der Waals surface area (Å²) in [5, 5.41) is 5.57. The molecule has 0 spiro atoms. The number of rotatable bonds is 0. The van der Waals surface area contributed by atoms with Crippen LogP contribution in [0.25, 0.3) is 10.9 Å². The van der Waals surface area contributed by atoms with Crippen LogP contribution in [0, 0.1) is 0 Å². The van der Waals surface area contributed by atoms with Crippen molar-refractivity contribution < 1.29 is 0 Å². The molecule has 2 aromatic heterocycles. The molecule has 0 N–H and O–H groups in total. The van der Waals surface area contributed by atoms with Gasteiger partial charge in [-0.15, -0.1) is 0 Å². The summed E-state index contributed by atoms with van der Waals surface area (Å²) in [6, 6.07) is 1.80. The lowest BCUT2D eigenvalue weighted by Crippen LogP contribution is -1.88. The van der Waals surface area contributed by atoms with Crippen LogP contribution in [0.4, 0.5) is 0 Å². The zero-order valence-corrected chi connectivity index (χ0v) is 6.71. The maximum atomic E-state index is 5.70.